The first kappa shape index (κ1) is 19.2. The summed E-state index contributed by atoms with van der Waals surface area (Å²) >= 11 is 0. The molecular formula is C22H30N3O2+. The van der Waals surface area contributed by atoms with Crippen molar-refractivity contribution in [3.63, 3.8) is 0 Å². The van der Waals surface area contributed by atoms with Crippen molar-refractivity contribution in [1.82, 2.24) is 0 Å². The molecule has 27 heavy (non-hydrogen) atoms. The van der Waals surface area contributed by atoms with E-state index in [0.717, 1.165) is 44.0 Å². The van der Waals surface area contributed by atoms with E-state index in [4.69, 9.17) is 0 Å². The standard InChI is InChI=1S/C22H29N3O2/c1-3-17(2)18-8-10-19(11-9-18)23-22(27)16-24-12-14-25(15-13-24)20-6-4-5-7-21(20)26/h4-11,17,26H,3,12-16H2,1-2H3,(H,23,27)/p+1/t17-/m0/s1. The fraction of sp³-hybridized carbons (Fsp3) is 0.409. The van der Waals surface area contributed by atoms with E-state index in [2.05, 4.69) is 36.2 Å². The number of para-hydroxylation sites is 2. The van der Waals surface area contributed by atoms with Crippen molar-refractivity contribution >= 4 is 17.3 Å². The first-order valence-corrected chi connectivity index (χ1v) is 9.83. The van der Waals surface area contributed by atoms with Gasteiger partial charge in [0.2, 0.25) is 0 Å². The number of amides is 1. The van der Waals surface area contributed by atoms with Crippen LogP contribution in [0.2, 0.25) is 0 Å². The zero-order valence-electron chi connectivity index (χ0n) is 16.2. The molecule has 1 atom stereocenters. The average molecular weight is 369 g/mol. The molecule has 1 amide bonds. The van der Waals surface area contributed by atoms with Gasteiger partial charge in [0.15, 0.2) is 6.54 Å². The molecule has 1 fully saturated rings. The minimum absolute atomic E-state index is 0.0531. The minimum atomic E-state index is 0.0531. The summed E-state index contributed by atoms with van der Waals surface area (Å²) in [6.45, 7) is 8.31. The van der Waals surface area contributed by atoms with Crippen molar-refractivity contribution in [2.75, 3.05) is 42.9 Å². The lowest BCUT2D eigenvalue weighted by Crippen LogP contribution is -3.15. The lowest BCUT2D eigenvalue weighted by molar-refractivity contribution is -0.892. The summed E-state index contributed by atoms with van der Waals surface area (Å²) in [5.74, 6) is 0.913. The van der Waals surface area contributed by atoms with Gasteiger partial charge in [-0.3, -0.25) is 4.79 Å². The molecule has 3 N–H and O–H groups in total. The van der Waals surface area contributed by atoms with Gasteiger partial charge in [-0.2, -0.15) is 0 Å². The minimum Gasteiger partial charge on any atom is -0.506 e. The van der Waals surface area contributed by atoms with Gasteiger partial charge in [-0.25, -0.2) is 0 Å². The Morgan fingerprint density at radius 2 is 1.81 bits per heavy atom. The Kier molecular flexibility index (Phi) is 6.35. The molecular weight excluding hydrogens is 338 g/mol. The van der Waals surface area contributed by atoms with Crippen molar-refractivity contribution in [2.24, 2.45) is 0 Å². The molecule has 0 bridgehead atoms. The summed E-state index contributed by atoms with van der Waals surface area (Å²) in [6.07, 6.45) is 1.11. The Morgan fingerprint density at radius 3 is 2.44 bits per heavy atom. The molecule has 0 saturated carbocycles. The van der Waals surface area contributed by atoms with Gasteiger partial charge in [0.05, 0.1) is 31.9 Å². The Bertz CT molecular complexity index is 752. The molecule has 2 aromatic rings. The summed E-state index contributed by atoms with van der Waals surface area (Å²) in [5, 5.41) is 13.0. The lowest BCUT2D eigenvalue weighted by Gasteiger charge is -2.33. The number of phenols is 1. The van der Waals surface area contributed by atoms with Crippen LogP contribution < -0.4 is 15.1 Å². The SMILES string of the molecule is CC[C@H](C)c1ccc(NC(=O)C[NH+]2CCN(c3ccccc3O)CC2)cc1. The molecule has 3 rings (SSSR count). The van der Waals surface area contributed by atoms with Gasteiger partial charge >= 0.3 is 0 Å². The van der Waals surface area contributed by atoms with Crippen LogP contribution in [0.15, 0.2) is 48.5 Å². The van der Waals surface area contributed by atoms with Crippen LogP contribution >= 0.6 is 0 Å². The Labute approximate surface area is 161 Å². The number of carbonyl (C=O) groups excluding carboxylic acids is 1. The van der Waals surface area contributed by atoms with Crippen LogP contribution in [0.5, 0.6) is 5.75 Å². The maximum Gasteiger partial charge on any atom is 0.279 e. The number of anilines is 2. The third-order valence-corrected chi connectivity index (χ3v) is 5.48. The second-order valence-corrected chi connectivity index (χ2v) is 7.38. The second-order valence-electron chi connectivity index (χ2n) is 7.38. The van der Waals surface area contributed by atoms with E-state index in [-0.39, 0.29) is 5.91 Å². The van der Waals surface area contributed by atoms with E-state index in [1.165, 1.54) is 10.5 Å². The molecule has 1 aliphatic heterocycles. The first-order chi connectivity index (χ1) is 13.1. The predicted octanol–water partition coefficient (Wildman–Crippen LogP) is 2.25. The molecule has 0 aliphatic carbocycles. The van der Waals surface area contributed by atoms with Crippen LogP contribution in [0.1, 0.15) is 31.7 Å². The smallest absolute Gasteiger partial charge is 0.279 e. The van der Waals surface area contributed by atoms with Gasteiger partial charge in [-0.15, -0.1) is 0 Å². The van der Waals surface area contributed by atoms with Crippen molar-refractivity contribution in [1.29, 1.82) is 0 Å². The molecule has 5 heteroatoms. The van der Waals surface area contributed by atoms with Crippen LogP contribution in [0, 0.1) is 0 Å². The van der Waals surface area contributed by atoms with Crippen molar-refractivity contribution < 1.29 is 14.8 Å². The van der Waals surface area contributed by atoms with Gasteiger partial charge in [0, 0.05) is 5.69 Å². The number of aromatic hydroxyl groups is 1. The highest BCUT2D eigenvalue weighted by atomic mass is 16.3. The van der Waals surface area contributed by atoms with Crippen LogP contribution in [-0.4, -0.2) is 43.7 Å². The number of hydrogen-bond acceptors (Lipinski definition) is 3. The van der Waals surface area contributed by atoms with E-state index in [1.807, 2.05) is 30.3 Å². The van der Waals surface area contributed by atoms with Crippen LogP contribution in [0.25, 0.3) is 0 Å². The van der Waals surface area contributed by atoms with Crippen LogP contribution in [-0.2, 0) is 4.79 Å². The average Bonchev–Trinajstić information content (AvgIpc) is 2.69. The fourth-order valence-corrected chi connectivity index (χ4v) is 3.54. The maximum atomic E-state index is 12.4. The fourth-order valence-electron chi connectivity index (χ4n) is 3.54. The third kappa shape index (κ3) is 5.01. The number of nitrogens with zero attached hydrogens (tertiary/aromatic N) is 1. The molecule has 5 nitrogen and oxygen atoms in total. The highest BCUT2D eigenvalue weighted by molar-refractivity contribution is 5.91. The van der Waals surface area contributed by atoms with Crippen molar-refractivity contribution in [3.8, 4) is 5.75 Å². The number of carbonyl (C=O) groups is 1. The summed E-state index contributed by atoms with van der Waals surface area (Å²) in [5.41, 5.74) is 3.04. The van der Waals surface area contributed by atoms with E-state index in [1.54, 1.807) is 6.07 Å². The van der Waals surface area contributed by atoms with E-state index >= 15 is 0 Å². The molecule has 0 spiro atoms. The highest BCUT2D eigenvalue weighted by Gasteiger charge is 2.23. The number of hydrogen-bond donors (Lipinski definition) is 3. The molecule has 0 aromatic heterocycles. The largest absolute Gasteiger partial charge is 0.506 e. The maximum absolute atomic E-state index is 12.4. The third-order valence-electron chi connectivity index (χ3n) is 5.48. The van der Waals surface area contributed by atoms with E-state index in [9.17, 15) is 9.90 Å². The molecule has 1 heterocycles. The number of rotatable bonds is 6. The van der Waals surface area contributed by atoms with Crippen molar-refractivity contribution in [3.05, 3.63) is 54.1 Å². The predicted molar refractivity (Wildman–Crippen MR) is 110 cm³/mol. The topological polar surface area (TPSA) is 57.0 Å². The molecule has 144 valence electrons. The molecule has 1 aliphatic rings. The number of nitrogens with one attached hydrogen (secondary N) is 2. The Balaban J connectivity index is 1.47. The summed E-state index contributed by atoms with van der Waals surface area (Å²) in [7, 11) is 0. The molecule has 1 saturated heterocycles. The zero-order chi connectivity index (χ0) is 19.2. The van der Waals surface area contributed by atoms with Crippen LogP contribution in [0.4, 0.5) is 11.4 Å². The summed E-state index contributed by atoms with van der Waals surface area (Å²) in [4.78, 5) is 15.8. The monoisotopic (exact) mass is 368 g/mol. The lowest BCUT2D eigenvalue weighted by atomic mass is 9.99. The highest BCUT2D eigenvalue weighted by Crippen LogP contribution is 2.26. The van der Waals surface area contributed by atoms with Gasteiger partial charge < -0.3 is 20.2 Å². The van der Waals surface area contributed by atoms with Crippen LogP contribution in [0.3, 0.4) is 0 Å². The number of piperazine rings is 1. The number of phenolic OH excluding ortho intramolecular Hbond substituents is 1. The number of quaternary nitrogens is 1. The zero-order valence-corrected chi connectivity index (χ0v) is 16.2. The van der Waals surface area contributed by atoms with E-state index < -0.39 is 0 Å². The van der Waals surface area contributed by atoms with Gasteiger partial charge in [-0.05, 0) is 42.2 Å². The van der Waals surface area contributed by atoms with Gasteiger partial charge in [0.1, 0.15) is 5.75 Å². The van der Waals surface area contributed by atoms with Gasteiger partial charge in [0.25, 0.3) is 5.91 Å². The molecule has 0 unspecified atom stereocenters. The normalized spacial score (nSPS) is 16.1. The summed E-state index contributed by atoms with van der Waals surface area (Å²) < 4.78 is 0. The molecule has 0 radical (unpaired) electrons. The van der Waals surface area contributed by atoms with Crippen molar-refractivity contribution in [2.45, 2.75) is 26.2 Å². The quantitative estimate of drug-likeness (QED) is 0.733. The van der Waals surface area contributed by atoms with Gasteiger partial charge in [-0.1, -0.05) is 38.1 Å². The Hall–Kier alpha value is -2.53. The second kappa shape index (κ2) is 8.91. The first-order valence-electron chi connectivity index (χ1n) is 9.83. The van der Waals surface area contributed by atoms with E-state index in [0.29, 0.717) is 18.2 Å². The molecule has 2 aromatic carbocycles. The number of benzene rings is 2. The Morgan fingerprint density at radius 1 is 1.15 bits per heavy atom. The summed E-state index contributed by atoms with van der Waals surface area (Å²) in [6, 6.07) is 15.6.